The Morgan fingerprint density at radius 1 is 1.15 bits per heavy atom. The van der Waals surface area contributed by atoms with Gasteiger partial charge in [0.1, 0.15) is 5.82 Å². The summed E-state index contributed by atoms with van der Waals surface area (Å²) in [4.78, 5) is 26.3. The zero-order chi connectivity index (χ0) is 24.3. The number of hydrogen-bond acceptors (Lipinski definition) is 5. The van der Waals surface area contributed by atoms with Gasteiger partial charge in [-0.1, -0.05) is 0 Å². The Morgan fingerprint density at radius 3 is 2.52 bits per heavy atom. The molecule has 2 amide bonds. The minimum atomic E-state index is -3.19. The number of rotatable bonds is 8. The second-order valence-corrected chi connectivity index (χ2v) is 7.86. The van der Waals surface area contributed by atoms with E-state index in [2.05, 4.69) is 15.5 Å². The molecular weight excluding hydrogens is 451 g/mol. The third kappa shape index (κ3) is 5.83. The summed E-state index contributed by atoms with van der Waals surface area (Å²) in [5, 5.41) is 9.81. The van der Waals surface area contributed by atoms with Gasteiger partial charge in [0.15, 0.2) is 17.5 Å². The maximum absolute atomic E-state index is 14.1. The smallest absolute Gasteiger partial charge is 0.304 e. The molecule has 1 aromatic heterocycles. The van der Waals surface area contributed by atoms with Crippen molar-refractivity contribution in [3.63, 3.8) is 0 Å². The molecule has 0 fully saturated rings. The van der Waals surface area contributed by atoms with E-state index in [9.17, 15) is 31.5 Å². The van der Waals surface area contributed by atoms with Crippen molar-refractivity contribution < 1.29 is 31.5 Å². The predicted octanol–water partition coefficient (Wildman–Crippen LogP) is 1.62. The van der Waals surface area contributed by atoms with Crippen molar-refractivity contribution in [2.24, 2.45) is 5.73 Å². The van der Waals surface area contributed by atoms with Crippen molar-refractivity contribution in [3.05, 3.63) is 46.8 Å². The van der Waals surface area contributed by atoms with E-state index in [1.807, 2.05) is 0 Å². The third-order valence-electron chi connectivity index (χ3n) is 5.21. The second-order valence-electron chi connectivity index (χ2n) is 7.86. The average molecular weight is 474 g/mol. The average Bonchev–Trinajstić information content (AvgIpc) is 3.15. The SMILES string of the molecule is CC(F)(F)c1nnc2n1CCN(C(=O)CC(Cc1cc(F)c(F)cc1F)NC(=O)CCN)C2. The Morgan fingerprint density at radius 2 is 1.85 bits per heavy atom. The van der Waals surface area contributed by atoms with Gasteiger partial charge in [0.25, 0.3) is 0 Å². The maximum atomic E-state index is 14.1. The Hall–Kier alpha value is -3.09. The fourth-order valence-electron chi connectivity index (χ4n) is 3.63. The first-order chi connectivity index (χ1) is 15.5. The molecule has 0 bridgehead atoms. The first-order valence-electron chi connectivity index (χ1n) is 10.2. The van der Waals surface area contributed by atoms with E-state index in [4.69, 9.17) is 5.73 Å². The Kier molecular flexibility index (Phi) is 7.30. The highest BCUT2D eigenvalue weighted by Gasteiger charge is 2.35. The van der Waals surface area contributed by atoms with Gasteiger partial charge in [-0.2, -0.15) is 8.78 Å². The molecule has 2 heterocycles. The van der Waals surface area contributed by atoms with Crippen LogP contribution in [0.25, 0.3) is 0 Å². The monoisotopic (exact) mass is 474 g/mol. The summed E-state index contributed by atoms with van der Waals surface area (Å²) in [6.07, 6.45) is -0.618. The number of carbonyl (C=O) groups excluding carboxylic acids is 2. The van der Waals surface area contributed by atoms with Gasteiger partial charge >= 0.3 is 5.92 Å². The molecule has 33 heavy (non-hydrogen) atoms. The van der Waals surface area contributed by atoms with E-state index < -0.39 is 47.1 Å². The Bertz CT molecular complexity index is 1040. The highest BCUT2D eigenvalue weighted by molar-refractivity contribution is 5.80. The van der Waals surface area contributed by atoms with Crippen LogP contribution in [0.2, 0.25) is 0 Å². The predicted molar refractivity (Wildman–Crippen MR) is 105 cm³/mol. The van der Waals surface area contributed by atoms with Crippen LogP contribution in [-0.2, 0) is 35.0 Å². The number of amides is 2. The van der Waals surface area contributed by atoms with E-state index in [-0.39, 0.29) is 56.8 Å². The lowest BCUT2D eigenvalue weighted by Gasteiger charge is -2.30. The van der Waals surface area contributed by atoms with Crippen LogP contribution >= 0.6 is 0 Å². The van der Waals surface area contributed by atoms with Crippen LogP contribution in [0.1, 0.15) is 37.0 Å². The molecule has 1 atom stereocenters. The highest BCUT2D eigenvalue weighted by Crippen LogP contribution is 2.27. The van der Waals surface area contributed by atoms with Gasteiger partial charge in [-0.3, -0.25) is 9.59 Å². The number of carbonyl (C=O) groups is 2. The molecule has 3 rings (SSSR count). The van der Waals surface area contributed by atoms with E-state index in [0.29, 0.717) is 19.1 Å². The maximum Gasteiger partial charge on any atom is 0.304 e. The van der Waals surface area contributed by atoms with Crippen molar-refractivity contribution >= 4 is 11.8 Å². The van der Waals surface area contributed by atoms with Gasteiger partial charge in [-0.25, -0.2) is 13.2 Å². The topological polar surface area (TPSA) is 106 Å². The molecule has 1 unspecified atom stereocenters. The van der Waals surface area contributed by atoms with Crippen LogP contribution in [0.5, 0.6) is 0 Å². The van der Waals surface area contributed by atoms with Crippen LogP contribution in [0.15, 0.2) is 12.1 Å². The second kappa shape index (κ2) is 9.81. The van der Waals surface area contributed by atoms with E-state index in [1.54, 1.807) is 0 Å². The zero-order valence-electron chi connectivity index (χ0n) is 17.8. The van der Waals surface area contributed by atoms with Gasteiger partial charge in [-0.05, 0) is 18.1 Å². The minimum Gasteiger partial charge on any atom is -0.352 e. The fraction of sp³-hybridized carbons (Fsp3) is 0.500. The van der Waals surface area contributed by atoms with E-state index >= 15 is 0 Å². The molecule has 1 aliphatic heterocycles. The molecule has 180 valence electrons. The van der Waals surface area contributed by atoms with Gasteiger partial charge < -0.3 is 20.5 Å². The van der Waals surface area contributed by atoms with Crippen LogP contribution in [-0.4, -0.2) is 50.6 Å². The van der Waals surface area contributed by atoms with Gasteiger partial charge in [0.05, 0.1) is 6.54 Å². The lowest BCUT2D eigenvalue weighted by molar-refractivity contribution is -0.133. The summed E-state index contributed by atoms with van der Waals surface area (Å²) < 4.78 is 69.5. The molecule has 2 aromatic rings. The molecule has 8 nitrogen and oxygen atoms in total. The van der Waals surface area contributed by atoms with E-state index in [1.165, 1.54) is 9.47 Å². The Labute approximate surface area is 185 Å². The van der Waals surface area contributed by atoms with Gasteiger partial charge in [0.2, 0.25) is 17.6 Å². The number of alkyl halides is 2. The first kappa shape index (κ1) is 24.6. The lowest BCUT2D eigenvalue weighted by Crippen LogP contribution is -2.44. The third-order valence-corrected chi connectivity index (χ3v) is 5.21. The molecule has 0 saturated carbocycles. The summed E-state index contributed by atoms with van der Waals surface area (Å²) in [5.41, 5.74) is 5.14. The summed E-state index contributed by atoms with van der Waals surface area (Å²) in [5.74, 6) is -8.09. The van der Waals surface area contributed by atoms with Crippen LogP contribution in [0, 0.1) is 17.5 Å². The summed E-state index contributed by atoms with van der Waals surface area (Å²) in [6, 6.07) is 0.128. The lowest BCUT2D eigenvalue weighted by atomic mass is 10.0. The van der Waals surface area contributed by atoms with Crippen LogP contribution < -0.4 is 11.1 Å². The highest BCUT2D eigenvalue weighted by atomic mass is 19.3. The zero-order valence-corrected chi connectivity index (χ0v) is 17.8. The Balaban J connectivity index is 1.74. The number of halogens is 5. The molecule has 0 spiro atoms. The van der Waals surface area contributed by atoms with E-state index in [0.717, 1.165) is 0 Å². The normalized spacial score (nSPS) is 14.7. The summed E-state index contributed by atoms with van der Waals surface area (Å²) >= 11 is 0. The van der Waals surface area contributed by atoms with Crippen molar-refractivity contribution in [1.82, 2.24) is 25.0 Å². The standard InChI is InChI=1S/C20H23F5N6O2/c1-20(24,25)19-29-28-16-10-30(4-5-31(16)19)18(33)8-12(27-17(32)2-3-26)6-11-7-14(22)15(23)9-13(11)21/h7,9,12H,2-6,8,10,26H2,1H3,(H,27,32). The number of nitrogens with one attached hydrogen (secondary N) is 1. The molecule has 1 aliphatic rings. The molecule has 3 N–H and O–H groups in total. The summed E-state index contributed by atoms with van der Waals surface area (Å²) in [6.45, 7) is 0.807. The fourth-order valence-corrected chi connectivity index (χ4v) is 3.63. The minimum absolute atomic E-state index is 0.0399. The number of aromatic nitrogens is 3. The first-order valence-corrected chi connectivity index (χ1v) is 10.2. The number of fused-ring (bicyclic) bond motifs is 1. The number of nitrogens with two attached hydrogens (primary N) is 1. The number of nitrogens with zero attached hydrogens (tertiary/aromatic N) is 4. The van der Waals surface area contributed by atoms with Gasteiger partial charge in [0, 0.05) is 51.5 Å². The van der Waals surface area contributed by atoms with Crippen LogP contribution in [0.3, 0.4) is 0 Å². The van der Waals surface area contributed by atoms with Crippen molar-refractivity contribution in [2.45, 2.75) is 51.2 Å². The van der Waals surface area contributed by atoms with Gasteiger partial charge in [-0.15, -0.1) is 10.2 Å². The molecular formula is C20H23F5N6O2. The quantitative estimate of drug-likeness (QED) is 0.447. The van der Waals surface area contributed by atoms with Crippen molar-refractivity contribution in [1.29, 1.82) is 0 Å². The number of hydrogen-bond donors (Lipinski definition) is 2. The largest absolute Gasteiger partial charge is 0.352 e. The molecule has 0 radical (unpaired) electrons. The van der Waals surface area contributed by atoms with Crippen molar-refractivity contribution in [2.75, 3.05) is 13.1 Å². The summed E-state index contributed by atoms with van der Waals surface area (Å²) in [7, 11) is 0. The molecule has 1 aromatic carbocycles. The molecule has 0 saturated heterocycles. The number of benzene rings is 1. The molecule has 13 heteroatoms. The van der Waals surface area contributed by atoms with Crippen molar-refractivity contribution in [3.8, 4) is 0 Å². The van der Waals surface area contributed by atoms with Crippen LogP contribution in [0.4, 0.5) is 22.0 Å². The molecule has 0 aliphatic carbocycles.